The number of likely N-dealkylation sites (N-methyl/N-ethyl adjacent to an activating group) is 2. The molecule has 114 valence electrons. The first-order chi connectivity index (χ1) is 9.58. The molecular weight excluding hydrogens is 254 g/mol. The molecule has 0 saturated carbocycles. The van der Waals surface area contributed by atoms with Gasteiger partial charge >= 0.3 is 0 Å². The summed E-state index contributed by atoms with van der Waals surface area (Å²) in [4.78, 5) is 9.27. The number of aryl methyl sites for hydroxylation is 1. The van der Waals surface area contributed by atoms with Gasteiger partial charge in [-0.25, -0.2) is 0 Å². The smallest absolute Gasteiger partial charge is 0.226 e. The highest BCUT2D eigenvalue weighted by atomic mass is 16.5. The first-order valence-electron chi connectivity index (χ1n) is 7.46. The van der Waals surface area contributed by atoms with Crippen LogP contribution in [-0.2, 0) is 12.8 Å². The molecule has 6 heteroatoms. The Kier molecular flexibility index (Phi) is 5.51. The third-order valence-corrected chi connectivity index (χ3v) is 4.19. The standard InChI is InChI=1S/C14H27N5O/c1-11(15-2)5-6-14-16-13(17-20-14)9-12-10-18(3)7-8-19(12)4/h11-12,15H,5-10H2,1-4H3. The third kappa shape index (κ3) is 4.26. The summed E-state index contributed by atoms with van der Waals surface area (Å²) < 4.78 is 5.34. The van der Waals surface area contributed by atoms with Crippen LogP contribution in [0.1, 0.15) is 25.1 Å². The summed E-state index contributed by atoms with van der Waals surface area (Å²) in [6, 6.07) is 0.957. The normalized spacial score (nSPS) is 23.1. The zero-order valence-corrected chi connectivity index (χ0v) is 13.1. The summed E-state index contributed by atoms with van der Waals surface area (Å²) in [5, 5.41) is 7.34. The van der Waals surface area contributed by atoms with E-state index in [1.165, 1.54) is 0 Å². The molecule has 6 nitrogen and oxygen atoms in total. The molecule has 1 aromatic rings. The number of nitrogens with one attached hydrogen (secondary N) is 1. The van der Waals surface area contributed by atoms with Gasteiger partial charge < -0.3 is 19.6 Å². The number of aromatic nitrogens is 2. The summed E-state index contributed by atoms with van der Waals surface area (Å²) in [6.45, 7) is 5.46. The van der Waals surface area contributed by atoms with Crippen molar-refractivity contribution < 1.29 is 4.52 Å². The van der Waals surface area contributed by atoms with Crippen LogP contribution >= 0.6 is 0 Å². The SMILES string of the molecule is CNC(C)CCc1nc(CC2CN(C)CCN2C)no1. The van der Waals surface area contributed by atoms with E-state index in [0.29, 0.717) is 12.1 Å². The van der Waals surface area contributed by atoms with Crippen molar-refractivity contribution in [3.63, 3.8) is 0 Å². The Morgan fingerprint density at radius 1 is 1.40 bits per heavy atom. The summed E-state index contributed by atoms with van der Waals surface area (Å²) in [5.41, 5.74) is 0. The van der Waals surface area contributed by atoms with E-state index in [-0.39, 0.29) is 0 Å². The number of hydrogen-bond donors (Lipinski definition) is 1. The Labute approximate surface area is 121 Å². The fourth-order valence-electron chi connectivity index (χ4n) is 2.49. The van der Waals surface area contributed by atoms with Gasteiger partial charge in [-0.3, -0.25) is 0 Å². The molecule has 0 bridgehead atoms. The molecule has 1 fully saturated rings. The number of hydrogen-bond acceptors (Lipinski definition) is 6. The molecule has 2 unspecified atom stereocenters. The van der Waals surface area contributed by atoms with Crippen molar-refractivity contribution in [1.29, 1.82) is 0 Å². The minimum absolute atomic E-state index is 0.475. The molecule has 0 radical (unpaired) electrons. The van der Waals surface area contributed by atoms with Crippen molar-refractivity contribution in [3.8, 4) is 0 Å². The van der Waals surface area contributed by atoms with Gasteiger partial charge in [-0.15, -0.1) is 0 Å². The third-order valence-electron chi connectivity index (χ3n) is 4.19. The summed E-state index contributed by atoms with van der Waals surface area (Å²) in [5.74, 6) is 1.60. The molecule has 1 aliphatic rings. The predicted octanol–water partition coefficient (Wildman–Crippen LogP) is 0.398. The lowest BCUT2D eigenvalue weighted by molar-refractivity contribution is 0.113. The van der Waals surface area contributed by atoms with Crippen LogP contribution in [0.5, 0.6) is 0 Å². The van der Waals surface area contributed by atoms with Gasteiger partial charge in [-0.2, -0.15) is 4.98 Å². The maximum Gasteiger partial charge on any atom is 0.226 e. The zero-order valence-electron chi connectivity index (χ0n) is 13.1. The lowest BCUT2D eigenvalue weighted by Crippen LogP contribution is -2.50. The monoisotopic (exact) mass is 281 g/mol. The lowest BCUT2D eigenvalue weighted by atomic mass is 10.1. The van der Waals surface area contributed by atoms with E-state index in [1.807, 2.05) is 7.05 Å². The van der Waals surface area contributed by atoms with Crippen LogP contribution in [0.2, 0.25) is 0 Å². The lowest BCUT2D eigenvalue weighted by Gasteiger charge is -2.37. The Morgan fingerprint density at radius 2 is 2.20 bits per heavy atom. The van der Waals surface area contributed by atoms with Crippen molar-refractivity contribution in [2.45, 2.75) is 38.3 Å². The van der Waals surface area contributed by atoms with E-state index >= 15 is 0 Å². The van der Waals surface area contributed by atoms with Gasteiger partial charge in [-0.1, -0.05) is 5.16 Å². The van der Waals surface area contributed by atoms with Gasteiger partial charge in [0.05, 0.1) is 0 Å². The highest BCUT2D eigenvalue weighted by molar-refractivity contribution is 4.93. The van der Waals surface area contributed by atoms with Crippen LogP contribution in [0, 0.1) is 0 Å². The maximum atomic E-state index is 5.34. The molecule has 20 heavy (non-hydrogen) atoms. The van der Waals surface area contributed by atoms with Crippen molar-refractivity contribution in [1.82, 2.24) is 25.3 Å². The van der Waals surface area contributed by atoms with E-state index in [9.17, 15) is 0 Å². The number of nitrogens with zero attached hydrogens (tertiary/aromatic N) is 4. The quantitative estimate of drug-likeness (QED) is 0.814. The highest BCUT2D eigenvalue weighted by Crippen LogP contribution is 2.11. The second-order valence-corrected chi connectivity index (χ2v) is 5.93. The Balaban J connectivity index is 1.85. The molecule has 0 aromatic carbocycles. The van der Waals surface area contributed by atoms with Gasteiger partial charge in [0.15, 0.2) is 5.82 Å². The van der Waals surface area contributed by atoms with Gasteiger partial charge in [0, 0.05) is 44.6 Å². The topological polar surface area (TPSA) is 57.4 Å². The second kappa shape index (κ2) is 7.15. The van der Waals surface area contributed by atoms with Crippen molar-refractivity contribution >= 4 is 0 Å². The van der Waals surface area contributed by atoms with Gasteiger partial charge in [0.25, 0.3) is 0 Å². The van der Waals surface area contributed by atoms with Gasteiger partial charge in [0.2, 0.25) is 5.89 Å². The molecule has 2 atom stereocenters. The fourth-order valence-corrected chi connectivity index (χ4v) is 2.49. The molecule has 2 heterocycles. The maximum absolute atomic E-state index is 5.34. The molecule has 1 saturated heterocycles. The van der Waals surface area contributed by atoms with E-state index in [4.69, 9.17) is 4.52 Å². The zero-order chi connectivity index (χ0) is 14.5. The average molecular weight is 281 g/mol. The Hall–Kier alpha value is -0.980. The molecule has 1 N–H and O–H groups in total. The van der Waals surface area contributed by atoms with Crippen molar-refractivity contribution in [3.05, 3.63) is 11.7 Å². The first kappa shape index (κ1) is 15.4. The number of rotatable bonds is 6. The van der Waals surface area contributed by atoms with Gasteiger partial charge in [-0.05, 0) is 34.5 Å². The van der Waals surface area contributed by atoms with E-state index in [0.717, 1.165) is 50.6 Å². The number of piperazine rings is 1. The van der Waals surface area contributed by atoms with Crippen LogP contribution in [0.4, 0.5) is 0 Å². The summed E-state index contributed by atoms with van der Waals surface area (Å²) in [6.07, 6.45) is 2.73. The highest BCUT2D eigenvalue weighted by Gasteiger charge is 2.24. The first-order valence-corrected chi connectivity index (χ1v) is 7.46. The minimum Gasteiger partial charge on any atom is -0.339 e. The molecular formula is C14H27N5O. The van der Waals surface area contributed by atoms with Crippen LogP contribution < -0.4 is 5.32 Å². The average Bonchev–Trinajstić information content (AvgIpc) is 2.88. The molecule has 1 aromatic heterocycles. The largest absolute Gasteiger partial charge is 0.339 e. The fraction of sp³-hybridized carbons (Fsp3) is 0.857. The Bertz CT molecular complexity index is 408. The Morgan fingerprint density at radius 3 is 2.95 bits per heavy atom. The van der Waals surface area contributed by atoms with Crippen molar-refractivity contribution in [2.75, 3.05) is 40.8 Å². The second-order valence-electron chi connectivity index (χ2n) is 5.93. The van der Waals surface area contributed by atoms with E-state index in [2.05, 4.69) is 46.3 Å². The van der Waals surface area contributed by atoms with E-state index in [1.54, 1.807) is 0 Å². The van der Waals surface area contributed by atoms with Crippen molar-refractivity contribution in [2.24, 2.45) is 0 Å². The molecule has 0 aliphatic carbocycles. The van der Waals surface area contributed by atoms with Crippen LogP contribution in [0.25, 0.3) is 0 Å². The minimum atomic E-state index is 0.475. The molecule has 0 spiro atoms. The van der Waals surface area contributed by atoms with E-state index < -0.39 is 0 Å². The summed E-state index contributed by atoms with van der Waals surface area (Å²) >= 11 is 0. The summed E-state index contributed by atoms with van der Waals surface area (Å²) in [7, 11) is 6.31. The molecule has 2 rings (SSSR count). The molecule has 1 aliphatic heterocycles. The van der Waals surface area contributed by atoms with Crippen LogP contribution in [0.15, 0.2) is 4.52 Å². The molecule has 0 amide bonds. The predicted molar refractivity (Wildman–Crippen MR) is 78.8 cm³/mol. The van der Waals surface area contributed by atoms with Crippen LogP contribution in [-0.4, -0.2) is 72.8 Å². The van der Waals surface area contributed by atoms with Gasteiger partial charge in [0.1, 0.15) is 0 Å². The van der Waals surface area contributed by atoms with Crippen LogP contribution in [0.3, 0.4) is 0 Å².